The average molecular weight is 488 g/mol. The van der Waals surface area contributed by atoms with Gasteiger partial charge in [0.2, 0.25) is 5.91 Å². The van der Waals surface area contributed by atoms with Crippen LogP contribution in [0.5, 0.6) is 5.75 Å². The number of fused-ring (bicyclic) bond motifs is 1. The molecular weight excluding hydrogens is 467 g/mol. The van der Waals surface area contributed by atoms with Crippen molar-refractivity contribution >= 4 is 29.1 Å². The number of Topliss-reactive ketones (excluding diaryl/α,β-unsaturated/α-hetero) is 1. The Morgan fingerprint density at radius 3 is 2.59 bits per heavy atom. The number of pyridine rings is 1. The number of anilines is 1. The smallest absolute Gasteiger partial charge is 0.406 e. The number of carbonyl (C=O) groups is 2. The average Bonchev–Trinajstić information content (AvgIpc) is 2.92. The van der Waals surface area contributed by atoms with Crippen LogP contribution in [0, 0.1) is 0 Å². The van der Waals surface area contributed by atoms with Crippen LogP contribution in [-0.2, 0) is 17.8 Å². The molecule has 0 saturated carbocycles. The first-order valence-electron chi connectivity index (χ1n) is 10.3. The first-order chi connectivity index (χ1) is 16.2. The van der Waals surface area contributed by atoms with Gasteiger partial charge in [0.15, 0.2) is 5.78 Å². The third-order valence-corrected chi connectivity index (χ3v) is 6.34. The van der Waals surface area contributed by atoms with Gasteiger partial charge in [-0.3, -0.25) is 14.6 Å². The number of halogens is 3. The number of ketones is 1. The van der Waals surface area contributed by atoms with Gasteiger partial charge in [-0.2, -0.15) is 0 Å². The monoisotopic (exact) mass is 487 g/mol. The lowest BCUT2D eigenvalue weighted by Crippen LogP contribution is -2.44. The molecule has 3 aromatic rings. The molecule has 4 rings (SSSR count). The zero-order chi connectivity index (χ0) is 24.3. The van der Waals surface area contributed by atoms with Gasteiger partial charge in [-0.25, -0.2) is 0 Å². The second-order valence-corrected chi connectivity index (χ2v) is 8.74. The summed E-state index contributed by atoms with van der Waals surface area (Å²) in [4.78, 5) is 32.2. The summed E-state index contributed by atoms with van der Waals surface area (Å²) in [5.74, 6) is -0.451. The first kappa shape index (κ1) is 23.8. The summed E-state index contributed by atoms with van der Waals surface area (Å²) in [7, 11) is 0. The fourth-order valence-electron chi connectivity index (χ4n) is 3.53. The maximum atomic E-state index is 13.1. The largest absolute Gasteiger partial charge is 0.573 e. The Morgan fingerprint density at radius 2 is 1.91 bits per heavy atom. The maximum absolute atomic E-state index is 13.1. The molecule has 2 N–H and O–H groups in total. The minimum Gasteiger partial charge on any atom is -0.406 e. The number of nitrogens with two attached hydrogens (primary N) is 1. The summed E-state index contributed by atoms with van der Waals surface area (Å²) < 4.78 is 41.2. The van der Waals surface area contributed by atoms with Crippen molar-refractivity contribution in [2.75, 3.05) is 10.7 Å². The molecule has 2 aromatic carbocycles. The van der Waals surface area contributed by atoms with Gasteiger partial charge in [0, 0.05) is 35.0 Å². The molecule has 6 nitrogen and oxygen atoms in total. The Labute approximate surface area is 197 Å². The van der Waals surface area contributed by atoms with E-state index in [9.17, 15) is 22.8 Å². The number of ether oxygens (including phenoxy) is 1. The normalized spacial score (nSPS) is 16.1. The van der Waals surface area contributed by atoms with E-state index in [2.05, 4.69) is 9.72 Å². The van der Waals surface area contributed by atoms with Gasteiger partial charge in [-0.1, -0.05) is 24.3 Å². The van der Waals surface area contributed by atoms with Crippen molar-refractivity contribution in [3.05, 3.63) is 83.7 Å². The number of carbonyl (C=O) groups excluding carboxylic acids is 2. The molecule has 1 aliphatic rings. The van der Waals surface area contributed by atoms with E-state index < -0.39 is 12.4 Å². The predicted molar refractivity (Wildman–Crippen MR) is 122 cm³/mol. The molecule has 0 unspecified atom stereocenters. The lowest BCUT2D eigenvalue weighted by Gasteiger charge is -2.25. The van der Waals surface area contributed by atoms with Crippen molar-refractivity contribution in [3.8, 4) is 5.75 Å². The second-order valence-electron chi connectivity index (χ2n) is 7.68. The summed E-state index contributed by atoms with van der Waals surface area (Å²) >= 11 is 1.42. The number of aromatic nitrogens is 1. The lowest BCUT2D eigenvalue weighted by atomic mass is 10.0. The zero-order valence-electron chi connectivity index (χ0n) is 17.8. The lowest BCUT2D eigenvalue weighted by molar-refractivity contribution is -0.274. The molecule has 0 bridgehead atoms. The van der Waals surface area contributed by atoms with Gasteiger partial charge in [0.25, 0.3) is 0 Å². The van der Waals surface area contributed by atoms with Gasteiger partial charge < -0.3 is 15.4 Å². The van der Waals surface area contributed by atoms with Crippen LogP contribution in [0.1, 0.15) is 21.5 Å². The Morgan fingerprint density at radius 1 is 1.15 bits per heavy atom. The van der Waals surface area contributed by atoms with Crippen LogP contribution < -0.4 is 15.4 Å². The second kappa shape index (κ2) is 9.86. The number of hydrogen-bond donors (Lipinski definition) is 1. The van der Waals surface area contributed by atoms with Crippen LogP contribution in [0.25, 0.3) is 0 Å². The third kappa shape index (κ3) is 5.75. The molecule has 34 heavy (non-hydrogen) atoms. The summed E-state index contributed by atoms with van der Waals surface area (Å²) in [5, 5.41) is 0. The van der Waals surface area contributed by atoms with Gasteiger partial charge in [-0.05, 0) is 41.5 Å². The Hall–Kier alpha value is -3.37. The van der Waals surface area contributed by atoms with Crippen molar-refractivity contribution in [1.82, 2.24) is 4.98 Å². The van der Waals surface area contributed by atoms with E-state index in [1.54, 1.807) is 36.7 Å². The molecule has 1 aliphatic heterocycles. The van der Waals surface area contributed by atoms with Crippen LogP contribution in [0.4, 0.5) is 18.9 Å². The van der Waals surface area contributed by atoms with Gasteiger partial charge in [0.05, 0.1) is 18.3 Å². The quantitative estimate of drug-likeness (QED) is 0.520. The van der Waals surface area contributed by atoms with E-state index in [0.29, 0.717) is 22.6 Å². The highest BCUT2D eigenvalue weighted by molar-refractivity contribution is 7.99. The first-order valence-corrected chi connectivity index (χ1v) is 11.3. The van der Waals surface area contributed by atoms with Crippen molar-refractivity contribution in [2.24, 2.45) is 5.73 Å². The minimum atomic E-state index is -4.79. The number of alkyl halides is 3. The number of hydrogen-bond acceptors (Lipinski definition) is 6. The maximum Gasteiger partial charge on any atom is 0.573 e. The molecule has 1 amide bonds. The highest BCUT2D eigenvalue weighted by Crippen LogP contribution is 2.36. The fraction of sp³-hybridized carbons (Fsp3) is 0.208. The highest BCUT2D eigenvalue weighted by Gasteiger charge is 2.32. The minimum absolute atomic E-state index is 0.0760. The Balaban J connectivity index is 1.61. The number of thioether (sulfide) groups is 1. The topological polar surface area (TPSA) is 85.5 Å². The van der Waals surface area contributed by atoms with Crippen LogP contribution in [0.15, 0.2) is 71.9 Å². The van der Waals surface area contributed by atoms with Crippen molar-refractivity contribution in [3.63, 3.8) is 0 Å². The van der Waals surface area contributed by atoms with E-state index in [1.807, 2.05) is 6.07 Å². The predicted octanol–water partition coefficient (Wildman–Crippen LogP) is 4.37. The Kier molecular flexibility index (Phi) is 6.90. The molecule has 2 heterocycles. The Bertz CT molecular complexity index is 1190. The van der Waals surface area contributed by atoms with E-state index in [1.165, 1.54) is 40.9 Å². The van der Waals surface area contributed by atoms with E-state index >= 15 is 0 Å². The van der Waals surface area contributed by atoms with Gasteiger partial charge >= 0.3 is 6.36 Å². The van der Waals surface area contributed by atoms with E-state index in [4.69, 9.17) is 5.73 Å². The van der Waals surface area contributed by atoms with Crippen molar-refractivity contribution in [1.29, 1.82) is 0 Å². The van der Waals surface area contributed by atoms with Crippen LogP contribution in [0.2, 0.25) is 0 Å². The van der Waals surface area contributed by atoms with Gasteiger partial charge in [0.1, 0.15) is 5.75 Å². The van der Waals surface area contributed by atoms with E-state index in [0.717, 1.165) is 10.5 Å². The third-order valence-electron chi connectivity index (χ3n) is 5.16. The molecule has 0 fully saturated rings. The van der Waals surface area contributed by atoms with E-state index in [-0.39, 0.29) is 30.4 Å². The molecule has 176 valence electrons. The summed E-state index contributed by atoms with van der Waals surface area (Å²) in [6.07, 6.45) is -1.38. The van der Waals surface area contributed by atoms with Crippen molar-refractivity contribution < 1.29 is 27.5 Å². The van der Waals surface area contributed by atoms with Crippen LogP contribution in [-0.4, -0.2) is 34.8 Å². The van der Waals surface area contributed by atoms with Gasteiger partial charge in [-0.15, -0.1) is 24.9 Å². The van der Waals surface area contributed by atoms with Crippen LogP contribution >= 0.6 is 11.8 Å². The van der Waals surface area contributed by atoms with Crippen molar-refractivity contribution in [2.45, 2.75) is 30.3 Å². The number of benzene rings is 2. The zero-order valence-corrected chi connectivity index (χ0v) is 18.6. The standard InChI is InChI=1S/C24H20F3N3O3S/c25-24(26,27)33-18-6-3-15(4-7-18)13-30-20-11-17(21(31)10-16-2-1-9-29-12-16)5-8-22(20)34-14-19(28)23(30)32/h1-9,11-12,19H,10,13-14,28H2/t19-/m0/s1. The number of rotatable bonds is 6. The summed E-state index contributed by atoms with van der Waals surface area (Å²) in [6.45, 7) is 0.0760. The number of nitrogens with zero attached hydrogens (tertiary/aromatic N) is 2. The number of amides is 1. The molecule has 1 aromatic heterocycles. The molecule has 0 radical (unpaired) electrons. The summed E-state index contributed by atoms with van der Waals surface area (Å²) in [6, 6.07) is 13.3. The summed E-state index contributed by atoms with van der Waals surface area (Å²) in [5.41, 5.74) is 8.39. The molecule has 1 atom stereocenters. The highest BCUT2D eigenvalue weighted by atomic mass is 32.2. The molecule has 0 saturated heterocycles. The molecular formula is C24H20F3N3O3S. The fourth-order valence-corrected chi connectivity index (χ4v) is 4.51. The molecule has 0 aliphatic carbocycles. The molecule has 10 heteroatoms. The SMILES string of the molecule is N[C@H]1CSc2ccc(C(=O)Cc3cccnc3)cc2N(Cc2ccc(OC(F)(F)F)cc2)C1=O. The molecule has 0 spiro atoms. The van der Waals surface area contributed by atoms with Crippen LogP contribution in [0.3, 0.4) is 0 Å².